The number of fused-ring (bicyclic) bond motifs is 1. The SMILES string of the molecule is O=C1CCC(N2Cc3c(ccc(N4CCN(CC5CCCCO5)CC4)c3F)C2=O)C(=O)N1. The molecule has 4 aliphatic rings. The molecule has 172 valence electrons. The Morgan fingerprint density at radius 3 is 2.59 bits per heavy atom. The van der Waals surface area contributed by atoms with E-state index in [-0.39, 0.29) is 37.0 Å². The second-order valence-corrected chi connectivity index (χ2v) is 9.10. The normalized spacial score (nSPS) is 27.0. The minimum Gasteiger partial charge on any atom is -0.377 e. The van der Waals surface area contributed by atoms with Gasteiger partial charge < -0.3 is 14.5 Å². The van der Waals surface area contributed by atoms with E-state index in [2.05, 4.69) is 10.2 Å². The van der Waals surface area contributed by atoms with Gasteiger partial charge in [-0.3, -0.25) is 24.6 Å². The second kappa shape index (κ2) is 8.78. The van der Waals surface area contributed by atoms with Gasteiger partial charge in [-0.05, 0) is 37.8 Å². The van der Waals surface area contributed by atoms with Crippen LogP contribution in [0.5, 0.6) is 0 Å². The number of hydrogen-bond donors (Lipinski definition) is 1. The maximum absolute atomic E-state index is 15.5. The molecule has 5 rings (SSSR count). The van der Waals surface area contributed by atoms with Crippen LogP contribution in [-0.4, -0.2) is 79.0 Å². The number of piperazine rings is 1. The molecule has 0 aliphatic carbocycles. The van der Waals surface area contributed by atoms with E-state index >= 15 is 4.39 Å². The van der Waals surface area contributed by atoms with Crippen molar-refractivity contribution in [1.29, 1.82) is 0 Å². The van der Waals surface area contributed by atoms with Crippen molar-refractivity contribution < 1.29 is 23.5 Å². The molecule has 0 radical (unpaired) electrons. The fourth-order valence-corrected chi connectivity index (χ4v) is 5.25. The van der Waals surface area contributed by atoms with E-state index in [4.69, 9.17) is 4.74 Å². The summed E-state index contributed by atoms with van der Waals surface area (Å²) in [6, 6.07) is 2.62. The van der Waals surface area contributed by atoms with Gasteiger partial charge in [0, 0.05) is 56.9 Å². The highest BCUT2D eigenvalue weighted by atomic mass is 19.1. The largest absolute Gasteiger partial charge is 0.377 e. The molecule has 1 N–H and O–H groups in total. The Kier molecular flexibility index (Phi) is 5.86. The van der Waals surface area contributed by atoms with E-state index in [0.29, 0.717) is 36.0 Å². The zero-order chi connectivity index (χ0) is 22.2. The van der Waals surface area contributed by atoms with Crippen molar-refractivity contribution in [3.8, 4) is 0 Å². The lowest BCUT2D eigenvalue weighted by Crippen LogP contribution is -2.52. The topological polar surface area (TPSA) is 82.2 Å². The average molecular weight is 445 g/mol. The number of halogens is 1. The van der Waals surface area contributed by atoms with Crippen LogP contribution in [0.15, 0.2) is 12.1 Å². The highest BCUT2D eigenvalue weighted by molar-refractivity contribution is 6.05. The van der Waals surface area contributed by atoms with Crippen LogP contribution in [0.4, 0.5) is 10.1 Å². The number of carbonyl (C=O) groups excluding carboxylic acids is 3. The summed E-state index contributed by atoms with van der Waals surface area (Å²) in [6.45, 7) is 4.95. The van der Waals surface area contributed by atoms with Crippen molar-refractivity contribution in [3.05, 3.63) is 29.1 Å². The number of imide groups is 1. The van der Waals surface area contributed by atoms with E-state index in [1.165, 1.54) is 11.3 Å². The molecular formula is C23H29FN4O4. The third kappa shape index (κ3) is 3.99. The summed E-state index contributed by atoms with van der Waals surface area (Å²) in [7, 11) is 0. The van der Waals surface area contributed by atoms with E-state index in [1.807, 2.05) is 4.90 Å². The van der Waals surface area contributed by atoms with E-state index in [0.717, 1.165) is 39.1 Å². The van der Waals surface area contributed by atoms with E-state index in [9.17, 15) is 14.4 Å². The minimum absolute atomic E-state index is 0.0547. The predicted octanol–water partition coefficient (Wildman–Crippen LogP) is 1.28. The smallest absolute Gasteiger partial charge is 0.255 e. The lowest BCUT2D eigenvalue weighted by Gasteiger charge is -2.38. The van der Waals surface area contributed by atoms with Crippen molar-refractivity contribution in [2.24, 2.45) is 0 Å². The molecule has 1 aromatic carbocycles. The molecule has 2 atom stereocenters. The number of piperidine rings is 1. The van der Waals surface area contributed by atoms with Crippen LogP contribution in [0.25, 0.3) is 0 Å². The summed E-state index contributed by atoms with van der Waals surface area (Å²) in [4.78, 5) is 42.3. The van der Waals surface area contributed by atoms with Crippen LogP contribution >= 0.6 is 0 Å². The summed E-state index contributed by atoms with van der Waals surface area (Å²) in [5.74, 6) is -1.55. The first kappa shape index (κ1) is 21.3. The number of anilines is 1. The van der Waals surface area contributed by atoms with Gasteiger partial charge in [0.05, 0.1) is 18.3 Å². The number of hydrogen-bond acceptors (Lipinski definition) is 6. The quantitative estimate of drug-likeness (QED) is 0.705. The van der Waals surface area contributed by atoms with Crippen molar-refractivity contribution in [2.75, 3.05) is 44.2 Å². The first-order valence-corrected chi connectivity index (χ1v) is 11.6. The first-order chi connectivity index (χ1) is 15.5. The molecule has 0 saturated carbocycles. The van der Waals surface area contributed by atoms with Gasteiger partial charge in [-0.2, -0.15) is 0 Å². The van der Waals surface area contributed by atoms with Crippen molar-refractivity contribution in [1.82, 2.24) is 15.1 Å². The van der Waals surface area contributed by atoms with Crippen LogP contribution in [0.3, 0.4) is 0 Å². The summed E-state index contributed by atoms with van der Waals surface area (Å²) in [6.07, 6.45) is 4.23. The Bertz CT molecular complexity index is 925. The molecule has 1 aromatic rings. The van der Waals surface area contributed by atoms with Crippen LogP contribution in [0.2, 0.25) is 0 Å². The Morgan fingerprint density at radius 2 is 1.88 bits per heavy atom. The summed E-state index contributed by atoms with van der Waals surface area (Å²) in [5, 5.41) is 2.28. The van der Waals surface area contributed by atoms with Crippen LogP contribution in [-0.2, 0) is 20.9 Å². The zero-order valence-electron chi connectivity index (χ0n) is 18.1. The number of ether oxygens (including phenoxy) is 1. The molecule has 0 bridgehead atoms. The van der Waals surface area contributed by atoms with Gasteiger partial charge in [0.1, 0.15) is 6.04 Å². The Labute approximate surface area is 186 Å². The van der Waals surface area contributed by atoms with Crippen LogP contribution < -0.4 is 10.2 Å². The molecule has 8 nitrogen and oxygen atoms in total. The summed E-state index contributed by atoms with van der Waals surface area (Å²) >= 11 is 0. The van der Waals surface area contributed by atoms with Crippen molar-refractivity contribution in [2.45, 2.75) is 50.8 Å². The molecule has 0 aromatic heterocycles. The molecular weight excluding hydrogens is 415 g/mol. The van der Waals surface area contributed by atoms with Gasteiger partial charge >= 0.3 is 0 Å². The van der Waals surface area contributed by atoms with Gasteiger partial charge in [0.15, 0.2) is 5.82 Å². The number of nitrogens with one attached hydrogen (secondary N) is 1. The molecule has 3 amide bonds. The Hall–Kier alpha value is -2.52. The van der Waals surface area contributed by atoms with Gasteiger partial charge in [-0.1, -0.05) is 0 Å². The molecule has 4 heterocycles. The zero-order valence-corrected chi connectivity index (χ0v) is 18.1. The fraction of sp³-hybridized carbons (Fsp3) is 0.609. The maximum atomic E-state index is 15.5. The number of nitrogens with zero attached hydrogens (tertiary/aromatic N) is 3. The monoisotopic (exact) mass is 444 g/mol. The van der Waals surface area contributed by atoms with Gasteiger partial charge in [0.25, 0.3) is 5.91 Å². The third-order valence-corrected chi connectivity index (χ3v) is 7.08. The molecule has 2 unspecified atom stereocenters. The molecule has 32 heavy (non-hydrogen) atoms. The van der Waals surface area contributed by atoms with Gasteiger partial charge in [-0.15, -0.1) is 0 Å². The maximum Gasteiger partial charge on any atom is 0.255 e. The minimum atomic E-state index is -0.735. The molecule has 4 aliphatic heterocycles. The Balaban J connectivity index is 1.25. The lowest BCUT2D eigenvalue weighted by molar-refractivity contribution is -0.136. The molecule has 3 saturated heterocycles. The third-order valence-electron chi connectivity index (χ3n) is 7.08. The number of benzene rings is 1. The van der Waals surface area contributed by atoms with Crippen molar-refractivity contribution >= 4 is 23.4 Å². The van der Waals surface area contributed by atoms with Crippen LogP contribution in [0, 0.1) is 5.82 Å². The standard InChI is InChI=1S/C23H29FN4O4/c24-21-17-14-28(19-6-7-20(29)25-22(19)30)23(31)16(17)4-5-18(21)27-10-8-26(9-11-27)13-15-3-1-2-12-32-15/h4-5,15,19H,1-3,6-14H2,(H,25,29,30). The Morgan fingerprint density at radius 1 is 1.06 bits per heavy atom. The highest BCUT2D eigenvalue weighted by Gasteiger charge is 2.41. The van der Waals surface area contributed by atoms with E-state index in [1.54, 1.807) is 12.1 Å². The first-order valence-electron chi connectivity index (χ1n) is 11.6. The molecule has 9 heteroatoms. The number of carbonyl (C=O) groups is 3. The van der Waals surface area contributed by atoms with Gasteiger partial charge in [0.2, 0.25) is 11.8 Å². The summed E-state index contributed by atoms with van der Waals surface area (Å²) < 4.78 is 21.3. The fourth-order valence-electron chi connectivity index (χ4n) is 5.25. The summed E-state index contributed by atoms with van der Waals surface area (Å²) in [5.41, 5.74) is 1.16. The number of rotatable bonds is 4. The van der Waals surface area contributed by atoms with Crippen molar-refractivity contribution in [3.63, 3.8) is 0 Å². The molecule has 0 spiro atoms. The predicted molar refractivity (Wildman–Crippen MR) is 115 cm³/mol. The lowest BCUT2D eigenvalue weighted by atomic mass is 10.0. The second-order valence-electron chi connectivity index (χ2n) is 9.10. The highest BCUT2D eigenvalue weighted by Crippen LogP contribution is 2.34. The van der Waals surface area contributed by atoms with Gasteiger partial charge in [-0.25, -0.2) is 4.39 Å². The van der Waals surface area contributed by atoms with Crippen LogP contribution in [0.1, 0.15) is 48.0 Å². The number of amides is 3. The average Bonchev–Trinajstić information content (AvgIpc) is 3.13. The van der Waals surface area contributed by atoms with E-state index < -0.39 is 11.9 Å². The molecule has 3 fully saturated rings.